The van der Waals surface area contributed by atoms with E-state index in [1.165, 1.54) is 10.8 Å². The summed E-state index contributed by atoms with van der Waals surface area (Å²) >= 11 is 0. The van der Waals surface area contributed by atoms with E-state index in [-0.39, 0.29) is 0 Å². The fourth-order valence-corrected chi connectivity index (χ4v) is 12.0. The molecule has 0 heterocycles. The Hall–Kier alpha value is -0.606. The molecule has 2 heteroatoms. The average Bonchev–Trinajstić information content (AvgIpc) is 2.37. The Labute approximate surface area is 135 Å². The smallest absolute Gasteiger partial charge is 0.0942 e. The minimum Gasteiger partial charge on any atom is -0.0996 e. The van der Waals surface area contributed by atoms with Crippen molar-refractivity contribution in [3.05, 3.63) is 36.4 Å². The summed E-state index contributed by atoms with van der Waals surface area (Å²) in [4.78, 5) is 0. The molecular weight excluding hydrogens is 284 g/mol. The van der Waals surface area contributed by atoms with Gasteiger partial charge in [-0.25, -0.2) is 0 Å². The van der Waals surface area contributed by atoms with Crippen molar-refractivity contribution in [3.63, 3.8) is 0 Å². The topological polar surface area (TPSA) is 0 Å². The Morgan fingerprint density at radius 1 is 0.952 bits per heavy atom. The van der Waals surface area contributed by atoms with Gasteiger partial charge in [0.2, 0.25) is 0 Å². The van der Waals surface area contributed by atoms with Gasteiger partial charge in [0.1, 0.15) is 0 Å². The van der Waals surface area contributed by atoms with E-state index in [9.17, 15) is 0 Å². The molecule has 0 atom stereocenters. The molecule has 0 nitrogen and oxygen atoms in total. The Kier molecular flexibility index (Phi) is 6.24. The summed E-state index contributed by atoms with van der Waals surface area (Å²) < 4.78 is 0. The van der Waals surface area contributed by atoms with Gasteiger partial charge >= 0.3 is 0 Å². The van der Waals surface area contributed by atoms with Crippen molar-refractivity contribution >= 4 is 27.3 Å². The lowest BCUT2D eigenvalue weighted by atomic mass is 10.2. The zero-order valence-corrected chi connectivity index (χ0v) is 17.5. The molecule has 1 aromatic rings. The van der Waals surface area contributed by atoms with E-state index in [1.54, 1.807) is 5.19 Å². The van der Waals surface area contributed by atoms with Crippen LogP contribution in [-0.4, -0.2) is 16.9 Å². The predicted octanol–water partition coefficient (Wildman–Crippen LogP) is 5.61. The average molecular weight is 319 g/mol. The second kappa shape index (κ2) is 7.10. The van der Waals surface area contributed by atoms with E-state index in [1.807, 2.05) is 0 Å². The van der Waals surface area contributed by atoms with Crippen LogP contribution in [0.15, 0.2) is 30.8 Å². The van der Waals surface area contributed by atoms with Crippen molar-refractivity contribution in [1.82, 2.24) is 0 Å². The molecule has 0 aliphatic carbocycles. The quantitative estimate of drug-likeness (QED) is 0.598. The van der Waals surface area contributed by atoms with Crippen LogP contribution >= 0.6 is 0 Å². The van der Waals surface area contributed by atoms with Crippen LogP contribution in [0.4, 0.5) is 0 Å². The monoisotopic (exact) mass is 318 g/mol. The molecule has 0 N–H and O–H groups in total. The fourth-order valence-electron chi connectivity index (χ4n) is 4.32. The molecule has 0 aromatic heterocycles. The van der Waals surface area contributed by atoms with Gasteiger partial charge in [0, 0.05) is 0 Å². The number of rotatable bonds is 6. The van der Waals surface area contributed by atoms with E-state index in [2.05, 4.69) is 85.5 Å². The van der Waals surface area contributed by atoms with E-state index in [4.69, 9.17) is 0 Å². The Bertz CT molecular complexity index is 462. The fraction of sp³-hybridized carbons (Fsp3) is 0.579. The van der Waals surface area contributed by atoms with E-state index >= 15 is 0 Å². The van der Waals surface area contributed by atoms with Crippen LogP contribution in [0.1, 0.15) is 47.1 Å². The van der Waals surface area contributed by atoms with Crippen molar-refractivity contribution in [2.75, 3.05) is 0 Å². The third-order valence-electron chi connectivity index (χ3n) is 5.30. The predicted molar refractivity (Wildman–Crippen MR) is 105 cm³/mol. The number of hydrogen-bond acceptors (Lipinski definition) is 0. The zero-order valence-electron chi connectivity index (χ0n) is 15.3. The lowest BCUT2D eigenvalue weighted by Crippen LogP contribution is -2.55. The van der Waals surface area contributed by atoms with Gasteiger partial charge < -0.3 is 0 Å². The maximum atomic E-state index is 4.36. The molecule has 0 saturated heterocycles. The standard InChI is InChI=1S/C19H34Si2/c1-14(2)21(15(3)4,16(5)6)19-12-10-11-18(13-19)17(7)20(8)9/h10-16,20H,7H2,1-6,8-9H3. The lowest BCUT2D eigenvalue weighted by molar-refractivity contribution is 0.835. The van der Waals surface area contributed by atoms with Gasteiger partial charge in [-0.2, -0.15) is 0 Å². The molecule has 0 fully saturated rings. The molecule has 0 aliphatic rings. The van der Waals surface area contributed by atoms with Crippen molar-refractivity contribution in [2.24, 2.45) is 0 Å². The van der Waals surface area contributed by atoms with Gasteiger partial charge in [-0.05, 0) is 22.2 Å². The molecule has 0 aliphatic heterocycles. The van der Waals surface area contributed by atoms with E-state index in [0.29, 0.717) is 0 Å². The molecular formula is C19H34Si2. The second-order valence-electron chi connectivity index (χ2n) is 7.66. The van der Waals surface area contributed by atoms with Gasteiger partial charge in [0.25, 0.3) is 0 Å². The first-order valence-corrected chi connectivity index (χ1v) is 13.6. The maximum absolute atomic E-state index is 4.36. The van der Waals surface area contributed by atoms with Gasteiger partial charge in [-0.1, -0.05) is 95.9 Å². The van der Waals surface area contributed by atoms with Gasteiger partial charge in [-0.3, -0.25) is 0 Å². The van der Waals surface area contributed by atoms with Crippen LogP contribution in [0.25, 0.3) is 5.20 Å². The summed E-state index contributed by atoms with van der Waals surface area (Å²) in [6.07, 6.45) is 0. The molecule has 0 spiro atoms. The molecule has 0 bridgehead atoms. The largest absolute Gasteiger partial charge is 0.0996 e. The first kappa shape index (κ1) is 18.4. The molecule has 21 heavy (non-hydrogen) atoms. The second-order valence-corrected chi connectivity index (χ2v) is 16.6. The minimum atomic E-state index is -1.54. The zero-order chi connectivity index (χ0) is 16.4. The maximum Gasteiger partial charge on any atom is 0.0942 e. The first-order chi connectivity index (χ1) is 9.65. The van der Waals surface area contributed by atoms with Crippen LogP contribution in [0.2, 0.25) is 29.7 Å². The Morgan fingerprint density at radius 2 is 1.43 bits per heavy atom. The van der Waals surface area contributed by atoms with Crippen molar-refractivity contribution < 1.29 is 0 Å². The van der Waals surface area contributed by atoms with Crippen molar-refractivity contribution in [3.8, 4) is 0 Å². The SMILES string of the molecule is C=C(c1cccc([Si](C(C)C)(C(C)C)C(C)C)c1)[SiH](C)C. The van der Waals surface area contributed by atoms with Crippen LogP contribution in [-0.2, 0) is 0 Å². The third kappa shape index (κ3) is 3.42. The summed E-state index contributed by atoms with van der Waals surface area (Å²) in [5, 5.41) is 3.03. The summed E-state index contributed by atoms with van der Waals surface area (Å²) in [6.45, 7) is 23.7. The molecule has 1 aromatic carbocycles. The van der Waals surface area contributed by atoms with Crippen molar-refractivity contribution in [1.29, 1.82) is 0 Å². The normalized spacial score (nSPS) is 12.8. The first-order valence-electron chi connectivity index (χ1n) is 8.45. The minimum absolute atomic E-state index is 0.761. The summed E-state index contributed by atoms with van der Waals surface area (Å²) in [6, 6.07) is 9.41. The highest BCUT2D eigenvalue weighted by Gasteiger charge is 2.44. The summed E-state index contributed by atoms with van der Waals surface area (Å²) in [5.74, 6) is 0. The summed E-state index contributed by atoms with van der Waals surface area (Å²) in [5.41, 5.74) is 3.68. The number of benzene rings is 1. The van der Waals surface area contributed by atoms with Crippen molar-refractivity contribution in [2.45, 2.75) is 71.3 Å². The highest BCUT2D eigenvalue weighted by molar-refractivity contribution is 6.95. The lowest BCUT2D eigenvalue weighted by Gasteiger charge is -2.44. The molecule has 1 rings (SSSR count). The molecule has 0 amide bonds. The summed E-state index contributed by atoms with van der Waals surface area (Å²) in [7, 11) is -2.36. The Morgan fingerprint density at radius 3 is 1.81 bits per heavy atom. The highest BCUT2D eigenvalue weighted by atomic mass is 28.3. The van der Waals surface area contributed by atoms with Crippen LogP contribution in [0.5, 0.6) is 0 Å². The van der Waals surface area contributed by atoms with Crippen LogP contribution in [0.3, 0.4) is 0 Å². The number of hydrogen-bond donors (Lipinski definition) is 0. The van der Waals surface area contributed by atoms with Gasteiger partial charge in [0.15, 0.2) is 0 Å². The highest BCUT2D eigenvalue weighted by Crippen LogP contribution is 2.41. The molecule has 0 unspecified atom stereocenters. The molecule has 0 saturated carbocycles. The third-order valence-corrected chi connectivity index (χ3v) is 14.1. The van der Waals surface area contributed by atoms with E-state index < -0.39 is 16.9 Å². The van der Waals surface area contributed by atoms with Gasteiger partial charge in [0.05, 0.1) is 16.9 Å². The van der Waals surface area contributed by atoms with Gasteiger partial charge in [-0.15, -0.1) is 0 Å². The van der Waals surface area contributed by atoms with E-state index in [0.717, 1.165) is 16.6 Å². The molecule has 118 valence electrons. The van der Waals surface area contributed by atoms with Crippen LogP contribution in [0, 0.1) is 0 Å². The Balaban J connectivity index is 3.47. The molecule has 0 radical (unpaired) electrons. The van der Waals surface area contributed by atoms with Crippen LogP contribution < -0.4 is 5.19 Å².